The third kappa shape index (κ3) is 2.84. The van der Waals surface area contributed by atoms with Crippen molar-refractivity contribution in [3.8, 4) is 0 Å². The molecule has 20 heavy (non-hydrogen) atoms. The lowest BCUT2D eigenvalue weighted by Gasteiger charge is -2.38. The van der Waals surface area contributed by atoms with E-state index < -0.39 is 0 Å². The number of piperazine rings is 1. The first-order valence-electron chi connectivity index (χ1n) is 7.15. The number of nitrogens with one attached hydrogen (secondary N) is 1. The van der Waals surface area contributed by atoms with E-state index >= 15 is 0 Å². The second-order valence-electron chi connectivity index (χ2n) is 5.20. The molecular formula is C14H22N4O2. The maximum absolute atomic E-state index is 12.4. The number of hydrogen-bond donors (Lipinski definition) is 1. The van der Waals surface area contributed by atoms with Crippen LogP contribution in [0.2, 0.25) is 0 Å². The van der Waals surface area contributed by atoms with E-state index in [0.29, 0.717) is 19.4 Å². The number of carbonyl (C=O) groups is 2. The van der Waals surface area contributed by atoms with Crippen LogP contribution in [0, 0.1) is 0 Å². The van der Waals surface area contributed by atoms with Crippen molar-refractivity contribution in [1.29, 1.82) is 0 Å². The molecule has 1 fully saturated rings. The lowest BCUT2D eigenvalue weighted by Crippen LogP contribution is -2.63. The van der Waals surface area contributed by atoms with Gasteiger partial charge in [-0.3, -0.25) is 14.3 Å². The predicted molar refractivity (Wildman–Crippen MR) is 74.9 cm³/mol. The second kappa shape index (κ2) is 6.07. The highest BCUT2D eigenvalue weighted by molar-refractivity contribution is 5.96. The van der Waals surface area contributed by atoms with Crippen molar-refractivity contribution in [2.75, 3.05) is 6.54 Å². The quantitative estimate of drug-likeness (QED) is 0.852. The van der Waals surface area contributed by atoms with Crippen LogP contribution in [0.3, 0.4) is 0 Å². The first-order chi connectivity index (χ1) is 9.56. The molecule has 1 aliphatic heterocycles. The van der Waals surface area contributed by atoms with Gasteiger partial charge in [0, 0.05) is 19.8 Å². The smallest absolute Gasteiger partial charge is 0.245 e. The van der Waals surface area contributed by atoms with Crippen LogP contribution in [-0.2, 0) is 23.1 Å². The van der Waals surface area contributed by atoms with E-state index in [0.717, 1.165) is 12.0 Å². The Bertz CT molecular complexity index is 497. The number of carbonyl (C=O) groups excluding carboxylic acids is 2. The normalized spacial score (nSPS) is 23.1. The Morgan fingerprint density at radius 2 is 2.05 bits per heavy atom. The van der Waals surface area contributed by atoms with Gasteiger partial charge in [-0.05, 0) is 24.8 Å². The van der Waals surface area contributed by atoms with Crippen molar-refractivity contribution in [3.05, 3.63) is 18.0 Å². The minimum Gasteiger partial charge on any atom is -0.343 e. The van der Waals surface area contributed by atoms with Crippen molar-refractivity contribution >= 4 is 11.8 Å². The van der Waals surface area contributed by atoms with E-state index in [1.54, 1.807) is 15.8 Å². The molecule has 0 aromatic carbocycles. The summed E-state index contributed by atoms with van der Waals surface area (Å²) in [5.74, 6) is -0.00650. The van der Waals surface area contributed by atoms with Gasteiger partial charge in [0.05, 0.1) is 6.20 Å². The van der Waals surface area contributed by atoms with E-state index in [2.05, 4.69) is 10.4 Å². The van der Waals surface area contributed by atoms with Crippen LogP contribution >= 0.6 is 0 Å². The fourth-order valence-corrected chi connectivity index (χ4v) is 2.62. The Balaban J connectivity index is 2.08. The topological polar surface area (TPSA) is 67.2 Å². The summed E-state index contributed by atoms with van der Waals surface area (Å²) >= 11 is 0. The molecule has 6 heteroatoms. The number of aromatic nitrogens is 2. The highest BCUT2D eigenvalue weighted by atomic mass is 16.2. The Morgan fingerprint density at radius 3 is 2.60 bits per heavy atom. The van der Waals surface area contributed by atoms with Crippen LogP contribution in [-0.4, -0.2) is 45.1 Å². The average molecular weight is 278 g/mol. The Morgan fingerprint density at radius 1 is 1.30 bits per heavy atom. The lowest BCUT2D eigenvalue weighted by molar-refractivity contribution is -0.149. The van der Waals surface area contributed by atoms with Crippen LogP contribution in [0.25, 0.3) is 0 Å². The molecule has 1 aliphatic rings. The van der Waals surface area contributed by atoms with Gasteiger partial charge in [0.2, 0.25) is 11.8 Å². The first-order valence-corrected chi connectivity index (χ1v) is 7.15. The minimum atomic E-state index is -0.376. The molecular weight excluding hydrogens is 256 g/mol. The van der Waals surface area contributed by atoms with Crippen LogP contribution in [0.1, 0.15) is 32.3 Å². The zero-order valence-electron chi connectivity index (χ0n) is 12.3. The molecule has 6 nitrogen and oxygen atoms in total. The molecule has 0 aliphatic carbocycles. The molecule has 0 spiro atoms. The van der Waals surface area contributed by atoms with Crippen LogP contribution in [0.5, 0.6) is 0 Å². The van der Waals surface area contributed by atoms with E-state index in [4.69, 9.17) is 0 Å². The van der Waals surface area contributed by atoms with Crippen molar-refractivity contribution < 1.29 is 9.59 Å². The zero-order chi connectivity index (χ0) is 14.7. The molecule has 1 aromatic rings. The largest absolute Gasteiger partial charge is 0.343 e. The van der Waals surface area contributed by atoms with E-state index in [1.165, 1.54) is 0 Å². The fourth-order valence-electron chi connectivity index (χ4n) is 2.62. The standard InChI is InChI=1S/C14H22N4O2/c1-4-11-14(20)18(12(5-2)13(19)16-11)7-6-10-8-15-17(3)9-10/h8-9,11-12H,4-7H2,1-3H3,(H,16,19). The molecule has 0 radical (unpaired) electrons. The summed E-state index contributed by atoms with van der Waals surface area (Å²) in [4.78, 5) is 26.2. The molecule has 110 valence electrons. The summed E-state index contributed by atoms with van der Waals surface area (Å²) in [5.41, 5.74) is 1.08. The number of amides is 2. The molecule has 1 aromatic heterocycles. The van der Waals surface area contributed by atoms with Crippen molar-refractivity contribution in [1.82, 2.24) is 20.0 Å². The van der Waals surface area contributed by atoms with E-state index in [1.807, 2.05) is 27.1 Å². The van der Waals surface area contributed by atoms with Gasteiger partial charge < -0.3 is 10.2 Å². The third-order valence-electron chi connectivity index (χ3n) is 3.77. The highest BCUT2D eigenvalue weighted by Gasteiger charge is 2.38. The molecule has 2 unspecified atom stereocenters. The van der Waals surface area contributed by atoms with E-state index in [9.17, 15) is 9.59 Å². The summed E-state index contributed by atoms with van der Waals surface area (Å²) in [6, 6.07) is -0.721. The monoisotopic (exact) mass is 278 g/mol. The number of aryl methyl sites for hydroxylation is 1. The Kier molecular flexibility index (Phi) is 4.42. The highest BCUT2D eigenvalue weighted by Crippen LogP contribution is 2.15. The third-order valence-corrected chi connectivity index (χ3v) is 3.77. The van der Waals surface area contributed by atoms with Crippen LogP contribution in [0.15, 0.2) is 12.4 Å². The molecule has 2 atom stereocenters. The molecule has 2 amide bonds. The van der Waals surface area contributed by atoms with Crippen LogP contribution in [0.4, 0.5) is 0 Å². The van der Waals surface area contributed by atoms with Crippen LogP contribution < -0.4 is 5.32 Å². The van der Waals surface area contributed by atoms with Gasteiger partial charge in [-0.25, -0.2) is 0 Å². The Labute approximate surface area is 119 Å². The first kappa shape index (κ1) is 14.6. The average Bonchev–Trinajstić information content (AvgIpc) is 2.84. The minimum absolute atomic E-state index is 0.0304. The van der Waals surface area contributed by atoms with Gasteiger partial charge in [-0.15, -0.1) is 0 Å². The second-order valence-corrected chi connectivity index (χ2v) is 5.20. The maximum Gasteiger partial charge on any atom is 0.245 e. The zero-order valence-corrected chi connectivity index (χ0v) is 12.3. The van der Waals surface area contributed by atoms with Gasteiger partial charge in [0.15, 0.2) is 0 Å². The summed E-state index contributed by atoms with van der Waals surface area (Å²) in [6.07, 6.45) is 5.73. The van der Waals surface area contributed by atoms with Gasteiger partial charge in [0.25, 0.3) is 0 Å². The van der Waals surface area contributed by atoms with Gasteiger partial charge in [-0.2, -0.15) is 5.10 Å². The van der Waals surface area contributed by atoms with Crippen molar-refractivity contribution in [2.24, 2.45) is 7.05 Å². The van der Waals surface area contributed by atoms with Crippen molar-refractivity contribution in [3.63, 3.8) is 0 Å². The summed E-state index contributed by atoms with van der Waals surface area (Å²) < 4.78 is 1.74. The summed E-state index contributed by atoms with van der Waals surface area (Å²) in [6.45, 7) is 4.40. The number of nitrogens with zero attached hydrogens (tertiary/aromatic N) is 3. The summed E-state index contributed by atoms with van der Waals surface area (Å²) in [7, 11) is 1.87. The molecule has 0 saturated carbocycles. The molecule has 2 heterocycles. The maximum atomic E-state index is 12.4. The molecule has 1 saturated heterocycles. The number of hydrogen-bond acceptors (Lipinski definition) is 3. The molecule has 2 rings (SSSR count). The fraction of sp³-hybridized carbons (Fsp3) is 0.643. The van der Waals surface area contributed by atoms with E-state index in [-0.39, 0.29) is 23.9 Å². The van der Waals surface area contributed by atoms with Gasteiger partial charge in [0.1, 0.15) is 12.1 Å². The molecule has 1 N–H and O–H groups in total. The molecule has 0 bridgehead atoms. The summed E-state index contributed by atoms with van der Waals surface area (Å²) in [5, 5.41) is 6.92. The Hall–Kier alpha value is -1.85. The number of rotatable bonds is 5. The SMILES string of the molecule is CCC1NC(=O)C(CC)N(CCc2cnn(C)c2)C1=O. The lowest BCUT2D eigenvalue weighted by atomic mass is 10.0. The van der Waals surface area contributed by atoms with Gasteiger partial charge >= 0.3 is 0 Å². The van der Waals surface area contributed by atoms with Gasteiger partial charge in [-0.1, -0.05) is 13.8 Å². The predicted octanol–water partition coefficient (Wildman–Crippen LogP) is 0.478. The van der Waals surface area contributed by atoms with Crippen molar-refractivity contribution in [2.45, 2.75) is 45.2 Å².